The number of nitrogens with zero attached hydrogens (tertiary/aromatic N) is 1. The van der Waals surface area contributed by atoms with E-state index in [2.05, 4.69) is 41.2 Å². The van der Waals surface area contributed by atoms with Crippen molar-refractivity contribution in [1.29, 1.82) is 0 Å². The molecule has 19 heavy (non-hydrogen) atoms. The largest absolute Gasteiger partial charge is 0.485 e. The van der Waals surface area contributed by atoms with Crippen LogP contribution in [0.25, 0.3) is 0 Å². The van der Waals surface area contributed by atoms with Crippen LogP contribution in [-0.2, 0) is 0 Å². The molecular weight excluding hydrogens is 238 g/mol. The second-order valence-electron chi connectivity index (χ2n) is 4.63. The van der Waals surface area contributed by atoms with Crippen LogP contribution in [0.2, 0.25) is 0 Å². The summed E-state index contributed by atoms with van der Waals surface area (Å²) < 4.78 is 5.88. The molecule has 0 unspecified atom stereocenters. The third-order valence-corrected chi connectivity index (χ3v) is 3.15. The van der Waals surface area contributed by atoms with Crippen molar-refractivity contribution < 1.29 is 4.74 Å². The third kappa shape index (κ3) is 3.89. The van der Waals surface area contributed by atoms with Crippen LogP contribution in [0.5, 0.6) is 5.75 Å². The molecule has 0 aromatic heterocycles. The first-order chi connectivity index (χ1) is 9.31. The Morgan fingerprint density at radius 3 is 2.84 bits per heavy atom. The van der Waals surface area contributed by atoms with Crippen LogP contribution in [0, 0.1) is 0 Å². The second-order valence-corrected chi connectivity index (χ2v) is 4.63. The highest BCUT2D eigenvalue weighted by Crippen LogP contribution is 2.28. The topological polar surface area (TPSA) is 36.5 Å². The zero-order valence-electron chi connectivity index (χ0n) is 11.6. The highest BCUT2D eigenvalue weighted by Gasteiger charge is 2.14. The maximum atomic E-state index is 5.88. The average molecular weight is 261 g/mol. The molecule has 2 rings (SSSR count). The number of anilines is 1. The average Bonchev–Trinajstić information content (AvgIpc) is 2.47. The van der Waals surface area contributed by atoms with Gasteiger partial charge in [-0.1, -0.05) is 18.7 Å². The normalized spacial score (nSPS) is 15.1. The summed E-state index contributed by atoms with van der Waals surface area (Å²) in [5.41, 5.74) is 2.09. The fourth-order valence-corrected chi connectivity index (χ4v) is 2.21. The monoisotopic (exact) mass is 261 g/mol. The van der Waals surface area contributed by atoms with E-state index < -0.39 is 0 Å². The summed E-state index contributed by atoms with van der Waals surface area (Å²) in [4.78, 5) is 2.36. The number of hydrogen-bond donors (Lipinski definition) is 2. The summed E-state index contributed by atoms with van der Waals surface area (Å²) in [5.74, 6) is 0.934. The Morgan fingerprint density at radius 1 is 1.37 bits per heavy atom. The molecule has 0 bridgehead atoms. The van der Waals surface area contributed by atoms with Gasteiger partial charge in [0, 0.05) is 38.4 Å². The van der Waals surface area contributed by atoms with Crippen LogP contribution in [0.3, 0.4) is 0 Å². The molecule has 4 heteroatoms. The summed E-state index contributed by atoms with van der Waals surface area (Å²) in [6.45, 7) is 11.5. The molecule has 4 nitrogen and oxygen atoms in total. The minimum absolute atomic E-state index is 0.511. The smallest absolute Gasteiger partial charge is 0.143 e. The van der Waals surface area contributed by atoms with Crippen LogP contribution in [0.4, 0.5) is 5.69 Å². The second kappa shape index (κ2) is 7.04. The quantitative estimate of drug-likeness (QED) is 0.815. The van der Waals surface area contributed by atoms with E-state index in [1.54, 1.807) is 0 Å². The van der Waals surface area contributed by atoms with Crippen LogP contribution in [-0.4, -0.2) is 39.3 Å². The number of benzene rings is 1. The zero-order valence-corrected chi connectivity index (χ0v) is 11.6. The summed E-state index contributed by atoms with van der Waals surface area (Å²) in [5, 5.41) is 6.54. The third-order valence-electron chi connectivity index (χ3n) is 3.15. The molecule has 1 aliphatic heterocycles. The van der Waals surface area contributed by atoms with E-state index in [0.717, 1.165) is 44.2 Å². The Labute approximate surface area is 115 Å². The molecule has 1 heterocycles. The minimum Gasteiger partial charge on any atom is -0.485 e. The van der Waals surface area contributed by atoms with Crippen LogP contribution < -0.4 is 20.3 Å². The van der Waals surface area contributed by atoms with Gasteiger partial charge in [0.15, 0.2) is 0 Å². The van der Waals surface area contributed by atoms with Gasteiger partial charge < -0.3 is 20.3 Å². The molecule has 1 aliphatic rings. The lowest BCUT2D eigenvalue weighted by Gasteiger charge is -2.30. The van der Waals surface area contributed by atoms with E-state index in [1.807, 2.05) is 12.1 Å². The lowest BCUT2D eigenvalue weighted by Crippen LogP contribution is -2.43. The lowest BCUT2D eigenvalue weighted by molar-refractivity contribution is 0.343. The highest BCUT2D eigenvalue weighted by atomic mass is 16.5. The van der Waals surface area contributed by atoms with E-state index in [0.29, 0.717) is 6.61 Å². The fourth-order valence-electron chi connectivity index (χ4n) is 2.21. The Balaban J connectivity index is 2.01. The molecule has 0 saturated carbocycles. The highest BCUT2D eigenvalue weighted by molar-refractivity contribution is 5.58. The number of para-hydroxylation sites is 2. The number of hydrogen-bond acceptors (Lipinski definition) is 4. The van der Waals surface area contributed by atoms with Gasteiger partial charge >= 0.3 is 0 Å². The maximum absolute atomic E-state index is 5.88. The van der Waals surface area contributed by atoms with Crippen molar-refractivity contribution in [1.82, 2.24) is 10.6 Å². The van der Waals surface area contributed by atoms with Gasteiger partial charge in [0.25, 0.3) is 0 Å². The van der Waals surface area contributed by atoms with E-state index in [9.17, 15) is 0 Å². The summed E-state index contributed by atoms with van der Waals surface area (Å²) in [6, 6.07) is 8.22. The van der Waals surface area contributed by atoms with Crippen molar-refractivity contribution in [3.8, 4) is 5.75 Å². The Kier molecular flexibility index (Phi) is 5.10. The van der Waals surface area contributed by atoms with Crippen molar-refractivity contribution in [2.75, 3.05) is 44.2 Å². The number of likely N-dealkylation sites (N-methyl/N-ethyl adjacent to an activating group) is 1. The van der Waals surface area contributed by atoms with Gasteiger partial charge in [-0.05, 0) is 19.1 Å². The van der Waals surface area contributed by atoms with E-state index in [4.69, 9.17) is 4.74 Å². The maximum Gasteiger partial charge on any atom is 0.143 e. The van der Waals surface area contributed by atoms with E-state index >= 15 is 0 Å². The number of piperazine rings is 1. The summed E-state index contributed by atoms with van der Waals surface area (Å²) in [6.07, 6.45) is 0. The van der Waals surface area contributed by atoms with E-state index in [1.165, 1.54) is 5.69 Å². The number of rotatable bonds is 6. The van der Waals surface area contributed by atoms with Crippen LogP contribution in [0.15, 0.2) is 36.5 Å². The molecular formula is C15H23N3O. The number of ether oxygens (including phenoxy) is 1. The van der Waals surface area contributed by atoms with Crippen molar-refractivity contribution in [2.24, 2.45) is 0 Å². The first-order valence-electron chi connectivity index (χ1n) is 6.90. The van der Waals surface area contributed by atoms with Crippen molar-refractivity contribution in [3.05, 3.63) is 36.5 Å². The molecule has 1 aromatic carbocycles. The van der Waals surface area contributed by atoms with Crippen molar-refractivity contribution in [3.63, 3.8) is 0 Å². The van der Waals surface area contributed by atoms with Gasteiger partial charge in [-0.15, -0.1) is 0 Å². The first-order valence-corrected chi connectivity index (χ1v) is 6.90. The molecule has 0 amide bonds. The van der Waals surface area contributed by atoms with Gasteiger partial charge in [-0.2, -0.15) is 0 Å². The molecule has 1 saturated heterocycles. The molecule has 1 aromatic rings. The zero-order chi connectivity index (χ0) is 13.5. The molecule has 2 N–H and O–H groups in total. The molecule has 0 aliphatic carbocycles. The van der Waals surface area contributed by atoms with Gasteiger partial charge in [0.1, 0.15) is 12.4 Å². The first kappa shape index (κ1) is 13.7. The fraction of sp³-hybridized carbons (Fsp3) is 0.467. The van der Waals surface area contributed by atoms with Gasteiger partial charge in [-0.25, -0.2) is 0 Å². The predicted octanol–water partition coefficient (Wildman–Crippen LogP) is 1.60. The van der Waals surface area contributed by atoms with Gasteiger partial charge in [-0.3, -0.25) is 0 Å². The van der Waals surface area contributed by atoms with Crippen molar-refractivity contribution in [2.45, 2.75) is 6.92 Å². The standard InChI is InChI=1S/C15H23N3O/c1-3-17-13(2)12-19-15-7-5-4-6-14(15)18-10-8-16-9-11-18/h4-7,16-17H,2-3,8-12H2,1H3. The Morgan fingerprint density at radius 2 is 2.11 bits per heavy atom. The van der Waals surface area contributed by atoms with E-state index in [-0.39, 0.29) is 0 Å². The van der Waals surface area contributed by atoms with Gasteiger partial charge in [0.05, 0.1) is 5.69 Å². The summed E-state index contributed by atoms with van der Waals surface area (Å²) >= 11 is 0. The summed E-state index contributed by atoms with van der Waals surface area (Å²) in [7, 11) is 0. The minimum atomic E-state index is 0.511. The van der Waals surface area contributed by atoms with Crippen LogP contribution in [0.1, 0.15) is 6.92 Å². The number of nitrogens with one attached hydrogen (secondary N) is 2. The van der Waals surface area contributed by atoms with Gasteiger partial charge in [0.2, 0.25) is 0 Å². The SMILES string of the molecule is C=C(COc1ccccc1N1CCNCC1)NCC. The molecule has 1 fully saturated rings. The lowest BCUT2D eigenvalue weighted by atomic mass is 10.2. The molecule has 0 radical (unpaired) electrons. The predicted molar refractivity (Wildman–Crippen MR) is 79.8 cm³/mol. The molecule has 104 valence electrons. The Hall–Kier alpha value is -1.68. The molecule has 0 atom stereocenters. The van der Waals surface area contributed by atoms with Crippen molar-refractivity contribution >= 4 is 5.69 Å². The van der Waals surface area contributed by atoms with Crippen LogP contribution >= 0.6 is 0 Å². The Bertz CT molecular complexity index is 414. The molecule has 0 spiro atoms.